The van der Waals surface area contributed by atoms with Gasteiger partial charge in [-0.05, 0) is 55.3 Å². The van der Waals surface area contributed by atoms with Gasteiger partial charge in [0.05, 0.1) is 23.7 Å². The van der Waals surface area contributed by atoms with Crippen molar-refractivity contribution < 1.29 is 19.4 Å². The lowest BCUT2D eigenvalue weighted by molar-refractivity contribution is -0.139. The molecule has 0 saturated heterocycles. The summed E-state index contributed by atoms with van der Waals surface area (Å²) in [6, 6.07) is 10.4. The molecule has 3 aromatic rings. The quantitative estimate of drug-likeness (QED) is 0.459. The van der Waals surface area contributed by atoms with E-state index in [2.05, 4.69) is 26.0 Å². The zero-order chi connectivity index (χ0) is 22.4. The van der Waals surface area contributed by atoms with E-state index in [1.165, 1.54) is 10.9 Å². The summed E-state index contributed by atoms with van der Waals surface area (Å²) in [5.41, 5.74) is 1.04. The number of carbonyl (C=O) groups is 1. The first-order chi connectivity index (χ1) is 14.9. The average molecular weight is 488 g/mol. The summed E-state index contributed by atoms with van der Waals surface area (Å²) in [5.74, 6) is 0.216. The highest BCUT2D eigenvalue weighted by Gasteiger charge is 2.11. The van der Waals surface area contributed by atoms with Gasteiger partial charge in [0.25, 0.3) is 5.56 Å². The second-order valence-electron chi connectivity index (χ2n) is 6.62. The van der Waals surface area contributed by atoms with Crippen LogP contribution >= 0.6 is 15.9 Å². The molecule has 2 aromatic carbocycles. The Bertz CT molecular complexity index is 1190. The minimum Gasteiger partial charge on any atom is -0.490 e. The predicted octanol–water partition coefficient (Wildman–Crippen LogP) is 3.86. The lowest BCUT2D eigenvalue weighted by Gasteiger charge is -2.11. The van der Waals surface area contributed by atoms with E-state index in [1.807, 2.05) is 19.9 Å². The summed E-state index contributed by atoms with van der Waals surface area (Å²) in [4.78, 5) is 28.4. The lowest BCUT2D eigenvalue weighted by Crippen LogP contribution is -2.22. The Morgan fingerprint density at radius 1 is 1.19 bits per heavy atom. The Morgan fingerprint density at radius 3 is 2.71 bits per heavy atom. The molecule has 0 unspecified atom stereocenters. The van der Waals surface area contributed by atoms with E-state index < -0.39 is 12.6 Å². The molecule has 0 atom stereocenters. The molecule has 0 radical (unpaired) electrons. The molecule has 0 fully saturated rings. The van der Waals surface area contributed by atoms with Crippen molar-refractivity contribution >= 4 is 39.0 Å². The molecule has 0 amide bonds. The van der Waals surface area contributed by atoms with Gasteiger partial charge in [-0.3, -0.25) is 4.79 Å². The standard InChI is InChI=1S/C22H22BrN3O5/c1-3-5-20-25-17-8-7-15(23)11-16(17)22(29)26(20)24-12-14-6-9-18(31-13-21(27)28)19(10-14)30-4-2/h6-12H,3-5,13H2,1-2H3,(H,27,28). The molecule has 0 aliphatic heterocycles. The van der Waals surface area contributed by atoms with Gasteiger partial charge in [0.2, 0.25) is 0 Å². The number of nitrogens with zero attached hydrogens (tertiary/aromatic N) is 3. The molecular weight excluding hydrogens is 466 g/mol. The van der Waals surface area contributed by atoms with Gasteiger partial charge in [0, 0.05) is 10.9 Å². The first-order valence-electron chi connectivity index (χ1n) is 9.80. The molecule has 0 aliphatic carbocycles. The van der Waals surface area contributed by atoms with Crippen LogP contribution in [0.15, 0.2) is 50.8 Å². The van der Waals surface area contributed by atoms with Crippen molar-refractivity contribution in [2.75, 3.05) is 13.2 Å². The average Bonchev–Trinajstić information content (AvgIpc) is 2.74. The van der Waals surface area contributed by atoms with Crippen molar-refractivity contribution in [3.05, 3.63) is 62.6 Å². The number of carboxylic acid groups (broad SMARTS) is 1. The van der Waals surface area contributed by atoms with Gasteiger partial charge in [0.15, 0.2) is 18.1 Å². The van der Waals surface area contributed by atoms with Gasteiger partial charge < -0.3 is 14.6 Å². The van der Waals surface area contributed by atoms with Gasteiger partial charge in [-0.2, -0.15) is 9.78 Å². The molecule has 1 heterocycles. The predicted molar refractivity (Wildman–Crippen MR) is 121 cm³/mol. The summed E-state index contributed by atoms with van der Waals surface area (Å²) in [6.07, 6.45) is 2.95. The van der Waals surface area contributed by atoms with E-state index in [9.17, 15) is 9.59 Å². The summed E-state index contributed by atoms with van der Waals surface area (Å²) in [5, 5.41) is 13.7. The number of fused-ring (bicyclic) bond motifs is 1. The first kappa shape index (κ1) is 22.5. The van der Waals surface area contributed by atoms with E-state index >= 15 is 0 Å². The SMILES string of the molecule is CCCc1nc2ccc(Br)cc2c(=O)n1N=Cc1ccc(OCC(=O)O)c(OCC)c1. The van der Waals surface area contributed by atoms with E-state index in [-0.39, 0.29) is 5.56 Å². The molecule has 1 N–H and O–H groups in total. The topological polar surface area (TPSA) is 103 Å². The molecule has 1 aromatic heterocycles. The molecule has 0 spiro atoms. The van der Waals surface area contributed by atoms with Crippen molar-refractivity contribution in [3.8, 4) is 11.5 Å². The number of hydrogen-bond acceptors (Lipinski definition) is 6. The van der Waals surface area contributed by atoms with Gasteiger partial charge >= 0.3 is 5.97 Å². The van der Waals surface area contributed by atoms with Gasteiger partial charge in [-0.15, -0.1) is 0 Å². The van der Waals surface area contributed by atoms with Crippen molar-refractivity contribution in [2.45, 2.75) is 26.7 Å². The van der Waals surface area contributed by atoms with Crippen molar-refractivity contribution in [2.24, 2.45) is 5.10 Å². The highest BCUT2D eigenvalue weighted by Crippen LogP contribution is 2.28. The van der Waals surface area contributed by atoms with E-state index in [0.717, 1.165) is 10.9 Å². The number of rotatable bonds is 9. The van der Waals surface area contributed by atoms with Gasteiger partial charge in [-0.25, -0.2) is 9.78 Å². The smallest absolute Gasteiger partial charge is 0.341 e. The molecule has 0 aliphatic rings. The summed E-state index contributed by atoms with van der Waals surface area (Å²) in [7, 11) is 0. The van der Waals surface area contributed by atoms with Crippen LogP contribution in [0, 0.1) is 0 Å². The van der Waals surface area contributed by atoms with Crippen LogP contribution in [-0.4, -0.2) is 40.2 Å². The third-order valence-corrected chi connectivity index (χ3v) is 4.78. The number of halogens is 1. The maximum atomic E-state index is 13.1. The van der Waals surface area contributed by atoms with Crippen LogP contribution in [0.2, 0.25) is 0 Å². The number of hydrogen-bond donors (Lipinski definition) is 1. The highest BCUT2D eigenvalue weighted by atomic mass is 79.9. The van der Waals surface area contributed by atoms with E-state index in [1.54, 1.807) is 30.3 Å². The Labute approximate surface area is 187 Å². The van der Waals surface area contributed by atoms with Crippen LogP contribution in [0.3, 0.4) is 0 Å². The molecule has 9 heteroatoms. The van der Waals surface area contributed by atoms with Crippen LogP contribution in [-0.2, 0) is 11.2 Å². The van der Waals surface area contributed by atoms with Gasteiger partial charge in [-0.1, -0.05) is 22.9 Å². The Kier molecular flexibility index (Phi) is 7.41. The first-order valence-corrected chi connectivity index (χ1v) is 10.6. The zero-order valence-corrected chi connectivity index (χ0v) is 18.8. The van der Waals surface area contributed by atoms with Crippen LogP contribution in [0.4, 0.5) is 0 Å². The van der Waals surface area contributed by atoms with Crippen LogP contribution in [0.5, 0.6) is 11.5 Å². The van der Waals surface area contributed by atoms with Crippen molar-refractivity contribution in [1.29, 1.82) is 0 Å². The van der Waals surface area contributed by atoms with E-state index in [0.29, 0.717) is 46.8 Å². The fraction of sp³-hybridized carbons (Fsp3) is 0.273. The third kappa shape index (κ3) is 5.49. The summed E-state index contributed by atoms with van der Waals surface area (Å²) < 4.78 is 12.9. The fourth-order valence-corrected chi connectivity index (χ4v) is 3.32. The number of ether oxygens (including phenoxy) is 2. The van der Waals surface area contributed by atoms with Gasteiger partial charge in [0.1, 0.15) is 5.82 Å². The molecule has 31 heavy (non-hydrogen) atoms. The molecule has 8 nitrogen and oxygen atoms in total. The molecule has 3 rings (SSSR count). The number of aromatic nitrogens is 2. The number of carboxylic acids is 1. The third-order valence-electron chi connectivity index (χ3n) is 4.29. The second kappa shape index (κ2) is 10.2. The number of aryl methyl sites for hydroxylation is 1. The minimum atomic E-state index is -1.08. The van der Waals surface area contributed by atoms with Crippen molar-refractivity contribution in [1.82, 2.24) is 9.66 Å². The lowest BCUT2D eigenvalue weighted by atomic mass is 10.2. The normalized spacial score (nSPS) is 11.2. The monoisotopic (exact) mass is 487 g/mol. The summed E-state index contributed by atoms with van der Waals surface area (Å²) >= 11 is 3.39. The maximum absolute atomic E-state index is 13.1. The Hall–Kier alpha value is -3.20. The zero-order valence-electron chi connectivity index (χ0n) is 17.2. The van der Waals surface area contributed by atoms with Crippen LogP contribution in [0.1, 0.15) is 31.7 Å². The van der Waals surface area contributed by atoms with Crippen molar-refractivity contribution in [3.63, 3.8) is 0 Å². The highest BCUT2D eigenvalue weighted by molar-refractivity contribution is 9.10. The molecule has 0 bridgehead atoms. The Balaban J connectivity index is 2.01. The minimum absolute atomic E-state index is 0.252. The Morgan fingerprint density at radius 2 is 2.00 bits per heavy atom. The fourth-order valence-electron chi connectivity index (χ4n) is 2.96. The molecular formula is C22H22BrN3O5. The second-order valence-corrected chi connectivity index (χ2v) is 7.54. The van der Waals surface area contributed by atoms with Crippen LogP contribution in [0.25, 0.3) is 10.9 Å². The number of aliphatic carboxylic acids is 1. The molecule has 162 valence electrons. The largest absolute Gasteiger partial charge is 0.490 e. The van der Waals surface area contributed by atoms with Crippen LogP contribution < -0.4 is 15.0 Å². The summed E-state index contributed by atoms with van der Waals surface area (Å²) in [6.45, 7) is 3.74. The van der Waals surface area contributed by atoms with E-state index in [4.69, 9.17) is 14.6 Å². The number of benzene rings is 2. The molecule has 0 saturated carbocycles. The maximum Gasteiger partial charge on any atom is 0.341 e.